The lowest BCUT2D eigenvalue weighted by Crippen LogP contribution is -2.31. The third-order valence-corrected chi connectivity index (χ3v) is 4.87. The van der Waals surface area contributed by atoms with E-state index in [9.17, 15) is 4.79 Å². The number of primary amides is 1. The number of nitrogens with one attached hydrogen (secondary N) is 2. The number of allylic oxidation sites excluding steroid dienone is 4. The van der Waals surface area contributed by atoms with Gasteiger partial charge in [0.15, 0.2) is 0 Å². The largest absolute Gasteiger partial charge is 0.497 e. The van der Waals surface area contributed by atoms with Crippen molar-refractivity contribution in [2.24, 2.45) is 17.4 Å². The highest BCUT2D eigenvalue weighted by Gasteiger charge is 2.15. The average Bonchev–Trinajstić information content (AvgIpc) is 2.78. The first-order valence-electron chi connectivity index (χ1n) is 9.98. The van der Waals surface area contributed by atoms with Crippen LogP contribution >= 0.6 is 0 Å². The SMILES string of the molecule is COc1cc(Nc2nc(NC[C@@H](N)CC3C=CC=CC3)ncc2C(N)=O)cc(OC)c1. The zero-order chi connectivity index (χ0) is 22.2. The van der Waals surface area contributed by atoms with Crippen LogP contribution in [0.2, 0.25) is 0 Å². The second-order valence-corrected chi connectivity index (χ2v) is 7.23. The van der Waals surface area contributed by atoms with Gasteiger partial charge in [0.1, 0.15) is 22.9 Å². The molecule has 1 amide bonds. The highest BCUT2D eigenvalue weighted by Crippen LogP contribution is 2.28. The Bertz CT molecular complexity index is 953. The van der Waals surface area contributed by atoms with Crippen molar-refractivity contribution in [1.82, 2.24) is 9.97 Å². The number of ether oxygens (including phenoxy) is 2. The summed E-state index contributed by atoms with van der Waals surface area (Å²) in [5, 5.41) is 6.24. The van der Waals surface area contributed by atoms with E-state index in [4.69, 9.17) is 20.9 Å². The summed E-state index contributed by atoms with van der Waals surface area (Å²) in [6.45, 7) is 0.496. The smallest absolute Gasteiger partial charge is 0.254 e. The molecule has 9 heteroatoms. The standard InChI is InChI=1S/C22H28N6O3/c1-30-17-9-16(10-18(11-17)31-2)27-21-19(20(24)29)13-26-22(28-21)25-12-15(23)8-14-6-4-3-5-7-14/h3-6,9-11,13-15H,7-8,12,23H2,1-2H3,(H2,24,29)(H2,25,26,27,28)/t14?,15-/m0/s1. The van der Waals surface area contributed by atoms with Gasteiger partial charge in [-0.3, -0.25) is 4.79 Å². The summed E-state index contributed by atoms with van der Waals surface area (Å²) in [5.74, 6) is 1.59. The number of aromatic nitrogens is 2. The fraction of sp³-hybridized carbons (Fsp3) is 0.318. The fourth-order valence-electron chi connectivity index (χ4n) is 3.26. The number of nitrogens with two attached hydrogens (primary N) is 2. The van der Waals surface area contributed by atoms with E-state index in [1.807, 2.05) is 12.2 Å². The molecule has 1 aliphatic carbocycles. The molecule has 0 bridgehead atoms. The zero-order valence-corrected chi connectivity index (χ0v) is 17.7. The van der Waals surface area contributed by atoms with Crippen molar-refractivity contribution in [3.8, 4) is 11.5 Å². The minimum absolute atomic E-state index is 0.0698. The zero-order valence-electron chi connectivity index (χ0n) is 17.7. The van der Waals surface area contributed by atoms with Crippen LogP contribution in [-0.2, 0) is 0 Å². The molecule has 3 rings (SSSR count). The number of hydrogen-bond acceptors (Lipinski definition) is 8. The van der Waals surface area contributed by atoms with Crippen molar-refractivity contribution in [2.75, 3.05) is 31.4 Å². The summed E-state index contributed by atoms with van der Waals surface area (Å²) in [4.78, 5) is 20.5. The number of anilines is 3. The van der Waals surface area contributed by atoms with Crippen molar-refractivity contribution in [3.63, 3.8) is 0 Å². The predicted octanol–water partition coefficient (Wildman–Crippen LogP) is 2.60. The van der Waals surface area contributed by atoms with Crippen LogP contribution < -0.4 is 31.6 Å². The highest BCUT2D eigenvalue weighted by molar-refractivity contribution is 5.98. The molecule has 1 unspecified atom stereocenters. The number of benzene rings is 1. The topological polar surface area (TPSA) is 137 Å². The molecular formula is C22H28N6O3. The van der Waals surface area contributed by atoms with Gasteiger partial charge in [0.25, 0.3) is 5.91 Å². The molecular weight excluding hydrogens is 396 g/mol. The molecule has 2 atom stereocenters. The molecule has 0 saturated heterocycles. The first-order chi connectivity index (χ1) is 15.0. The van der Waals surface area contributed by atoms with E-state index < -0.39 is 5.91 Å². The van der Waals surface area contributed by atoms with Gasteiger partial charge in [-0.25, -0.2) is 4.98 Å². The molecule has 1 aromatic heterocycles. The second-order valence-electron chi connectivity index (χ2n) is 7.23. The lowest BCUT2D eigenvalue weighted by Gasteiger charge is -2.19. The summed E-state index contributed by atoms with van der Waals surface area (Å²) in [6.07, 6.45) is 11.6. The van der Waals surface area contributed by atoms with Crippen LogP contribution in [0.4, 0.5) is 17.5 Å². The second kappa shape index (κ2) is 10.4. The maximum absolute atomic E-state index is 11.9. The molecule has 9 nitrogen and oxygen atoms in total. The van der Waals surface area contributed by atoms with Crippen molar-refractivity contribution in [1.29, 1.82) is 0 Å². The number of carbonyl (C=O) groups excluding carboxylic acids is 1. The molecule has 1 heterocycles. The Morgan fingerprint density at radius 1 is 1.23 bits per heavy atom. The lowest BCUT2D eigenvalue weighted by atomic mass is 9.94. The van der Waals surface area contributed by atoms with Crippen molar-refractivity contribution in [3.05, 3.63) is 54.3 Å². The van der Waals surface area contributed by atoms with E-state index in [1.54, 1.807) is 32.4 Å². The Morgan fingerprint density at radius 2 is 1.97 bits per heavy atom. The molecule has 0 fully saturated rings. The number of amides is 1. The molecule has 0 saturated carbocycles. The van der Waals surface area contributed by atoms with Crippen LogP contribution in [0.25, 0.3) is 0 Å². The van der Waals surface area contributed by atoms with Gasteiger partial charge in [-0.05, 0) is 18.8 Å². The predicted molar refractivity (Wildman–Crippen MR) is 121 cm³/mol. The maximum Gasteiger partial charge on any atom is 0.254 e. The van der Waals surface area contributed by atoms with Gasteiger partial charge in [0, 0.05) is 42.7 Å². The Labute approximate surface area is 181 Å². The van der Waals surface area contributed by atoms with E-state index >= 15 is 0 Å². The summed E-state index contributed by atoms with van der Waals surface area (Å²) >= 11 is 0. The molecule has 0 radical (unpaired) electrons. The maximum atomic E-state index is 11.9. The summed E-state index contributed by atoms with van der Waals surface area (Å²) in [7, 11) is 3.12. The Kier molecular flexibility index (Phi) is 7.45. The molecule has 1 aromatic carbocycles. The minimum Gasteiger partial charge on any atom is -0.497 e. The van der Waals surface area contributed by atoms with Crippen molar-refractivity contribution >= 4 is 23.4 Å². The summed E-state index contributed by atoms with van der Waals surface area (Å²) in [5.41, 5.74) is 12.5. The Morgan fingerprint density at radius 3 is 2.58 bits per heavy atom. The minimum atomic E-state index is -0.641. The van der Waals surface area contributed by atoms with E-state index in [2.05, 4.69) is 32.8 Å². The van der Waals surface area contributed by atoms with Crippen LogP contribution in [0.5, 0.6) is 11.5 Å². The number of methoxy groups -OCH3 is 2. The monoisotopic (exact) mass is 424 g/mol. The van der Waals surface area contributed by atoms with Gasteiger partial charge >= 0.3 is 0 Å². The number of carbonyl (C=O) groups is 1. The fourth-order valence-corrected chi connectivity index (χ4v) is 3.26. The van der Waals surface area contributed by atoms with Crippen LogP contribution in [0.3, 0.4) is 0 Å². The van der Waals surface area contributed by atoms with Crippen LogP contribution in [-0.4, -0.2) is 42.7 Å². The first-order valence-corrected chi connectivity index (χ1v) is 9.98. The normalized spacial score (nSPS) is 15.9. The van der Waals surface area contributed by atoms with Crippen LogP contribution in [0.1, 0.15) is 23.2 Å². The average molecular weight is 425 g/mol. The number of nitrogens with zero attached hydrogens (tertiary/aromatic N) is 2. The molecule has 0 aliphatic heterocycles. The van der Waals surface area contributed by atoms with E-state index in [0.717, 1.165) is 12.8 Å². The van der Waals surface area contributed by atoms with Crippen LogP contribution in [0, 0.1) is 5.92 Å². The summed E-state index contributed by atoms with van der Waals surface area (Å²) in [6, 6.07) is 5.18. The molecule has 0 spiro atoms. The van der Waals surface area contributed by atoms with Crippen molar-refractivity contribution < 1.29 is 14.3 Å². The summed E-state index contributed by atoms with van der Waals surface area (Å²) < 4.78 is 10.6. The molecule has 31 heavy (non-hydrogen) atoms. The molecule has 2 aromatic rings. The van der Waals surface area contributed by atoms with Gasteiger partial charge in [-0.15, -0.1) is 0 Å². The Balaban J connectivity index is 1.72. The molecule has 6 N–H and O–H groups in total. The van der Waals surface area contributed by atoms with E-state index in [-0.39, 0.29) is 17.4 Å². The number of rotatable bonds is 10. The van der Waals surface area contributed by atoms with Crippen LogP contribution in [0.15, 0.2) is 48.7 Å². The Hall–Kier alpha value is -3.59. The lowest BCUT2D eigenvalue weighted by molar-refractivity contribution is 0.100. The third kappa shape index (κ3) is 6.19. The van der Waals surface area contributed by atoms with E-state index in [0.29, 0.717) is 35.6 Å². The van der Waals surface area contributed by atoms with Gasteiger partial charge in [0.2, 0.25) is 5.95 Å². The van der Waals surface area contributed by atoms with Gasteiger partial charge in [-0.2, -0.15) is 4.98 Å². The molecule has 164 valence electrons. The third-order valence-electron chi connectivity index (χ3n) is 4.87. The van der Waals surface area contributed by atoms with Crippen molar-refractivity contribution in [2.45, 2.75) is 18.9 Å². The first kappa shape index (κ1) is 22.1. The highest BCUT2D eigenvalue weighted by atomic mass is 16.5. The molecule has 1 aliphatic rings. The van der Waals surface area contributed by atoms with Gasteiger partial charge in [-0.1, -0.05) is 24.3 Å². The van der Waals surface area contributed by atoms with Gasteiger partial charge in [0.05, 0.1) is 14.2 Å². The quantitative estimate of drug-likeness (QED) is 0.457. The van der Waals surface area contributed by atoms with E-state index in [1.165, 1.54) is 6.20 Å². The van der Waals surface area contributed by atoms with Gasteiger partial charge < -0.3 is 31.6 Å². The number of hydrogen-bond donors (Lipinski definition) is 4.